The summed E-state index contributed by atoms with van der Waals surface area (Å²) < 4.78 is 0. The van der Waals surface area contributed by atoms with E-state index in [2.05, 4.69) is 19.2 Å². The van der Waals surface area contributed by atoms with Gasteiger partial charge in [-0.15, -0.1) is 0 Å². The molecule has 5 atom stereocenters. The van der Waals surface area contributed by atoms with Crippen molar-refractivity contribution < 1.29 is 9.90 Å². The average molecular weight is 253 g/mol. The van der Waals surface area contributed by atoms with Gasteiger partial charge in [0, 0.05) is 12.1 Å². The van der Waals surface area contributed by atoms with Gasteiger partial charge in [-0.2, -0.15) is 0 Å². The van der Waals surface area contributed by atoms with Gasteiger partial charge in [0.1, 0.15) is 0 Å². The Kier molecular flexibility index (Phi) is 4.66. The summed E-state index contributed by atoms with van der Waals surface area (Å²) in [5.74, 6) is 0.804. The molecule has 0 aromatic rings. The van der Waals surface area contributed by atoms with Crippen molar-refractivity contribution >= 4 is 5.97 Å². The van der Waals surface area contributed by atoms with Gasteiger partial charge in [0.2, 0.25) is 0 Å². The Labute approximate surface area is 110 Å². The van der Waals surface area contributed by atoms with Gasteiger partial charge in [0.25, 0.3) is 0 Å². The number of hydrogen-bond donors (Lipinski definition) is 2. The molecule has 5 unspecified atom stereocenters. The van der Waals surface area contributed by atoms with Gasteiger partial charge in [-0.05, 0) is 37.5 Å². The fraction of sp³-hybridized carbons (Fsp3) is 0.933. The first-order chi connectivity index (χ1) is 8.58. The van der Waals surface area contributed by atoms with Crippen molar-refractivity contribution in [3.05, 3.63) is 0 Å². The summed E-state index contributed by atoms with van der Waals surface area (Å²) in [7, 11) is 0. The van der Waals surface area contributed by atoms with E-state index in [1.807, 2.05) is 0 Å². The molecule has 0 bridgehead atoms. The minimum absolute atomic E-state index is 0.118. The first-order valence-electron chi connectivity index (χ1n) is 7.56. The Morgan fingerprint density at radius 3 is 2.56 bits per heavy atom. The predicted molar refractivity (Wildman–Crippen MR) is 72.5 cm³/mol. The van der Waals surface area contributed by atoms with Crippen molar-refractivity contribution in [2.24, 2.45) is 17.8 Å². The summed E-state index contributed by atoms with van der Waals surface area (Å²) in [4.78, 5) is 11.1. The van der Waals surface area contributed by atoms with Crippen molar-refractivity contribution in [3.8, 4) is 0 Å². The topological polar surface area (TPSA) is 49.3 Å². The van der Waals surface area contributed by atoms with E-state index in [9.17, 15) is 4.79 Å². The summed E-state index contributed by atoms with van der Waals surface area (Å²) in [6, 6.07) is 1.03. The van der Waals surface area contributed by atoms with Crippen molar-refractivity contribution in [2.45, 2.75) is 70.9 Å². The molecule has 2 fully saturated rings. The molecule has 0 heterocycles. The second kappa shape index (κ2) is 6.05. The normalized spacial score (nSPS) is 41.6. The van der Waals surface area contributed by atoms with E-state index in [-0.39, 0.29) is 5.92 Å². The van der Waals surface area contributed by atoms with Gasteiger partial charge in [0.05, 0.1) is 5.92 Å². The van der Waals surface area contributed by atoms with E-state index in [1.54, 1.807) is 0 Å². The quantitative estimate of drug-likeness (QED) is 0.812. The molecular weight excluding hydrogens is 226 g/mol. The van der Waals surface area contributed by atoms with Crippen LogP contribution in [-0.2, 0) is 4.79 Å². The molecule has 0 radical (unpaired) electrons. The molecule has 2 N–H and O–H groups in total. The molecule has 104 valence electrons. The number of nitrogens with one attached hydrogen (secondary N) is 1. The molecule has 0 amide bonds. The maximum Gasteiger partial charge on any atom is 0.306 e. The minimum Gasteiger partial charge on any atom is -0.481 e. The van der Waals surface area contributed by atoms with E-state index in [0.29, 0.717) is 12.1 Å². The largest absolute Gasteiger partial charge is 0.481 e. The molecule has 2 saturated carbocycles. The SMILES string of the molecule is CC1CCCC(NC2CCCC(C(=O)O)C2)C1C. The molecule has 0 saturated heterocycles. The zero-order valence-corrected chi connectivity index (χ0v) is 11.7. The standard InChI is InChI=1S/C15H27NO2/c1-10-5-3-8-14(11(10)2)16-13-7-4-6-12(9-13)15(17)18/h10-14,16H,3-9H2,1-2H3,(H,17,18). The van der Waals surface area contributed by atoms with Crippen LogP contribution in [0.15, 0.2) is 0 Å². The van der Waals surface area contributed by atoms with Gasteiger partial charge in [-0.1, -0.05) is 33.1 Å². The van der Waals surface area contributed by atoms with E-state index in [1.165, 1.54) is 19.3 Å². The van der Waals surface area contributed by atoms with Gasteiger partial charge >= 0.3 is 5.97 Å². The third-order valence-electron chi connectivity index (χ3n) is 5.18. The molecule has 2 aliphatic carbocycles. The molecular formula is C15H27NO2. The van der Waals surface area contributed by atoms with Gasteiger partial charge in [-0.25, -0.2) is 0 Å². The van der Waals surface area contributed by atoms with E-state index >= 15 is 0 Å². The molecule has 3 heteroatoms. The Morgan fingerprint density at radius 1 is 1.11 bits per heavy atom. The third-order valence-corrected chi connectivity index (χ3v) is 5.18. The van der Waals surface area contributed by atoms with Crippen LogP contribution in [-0.4, -0.2) is 23.2 Å². The second-order valence-electron chi connectivity index (χ2n) is 6.44. The zero-order chi connectivity index (χ0) is 13.1. The highest BCUT2D eigenvalue weighted by molar-refractivity contribution is 5.70. The average Bonchev–Trinajstić information content (AvgIpc) is 2.35. The van der Waals surface area contributed by atoms with Crippen molar-refractivity contribution in [1.29, 1.82) is 0 Å². The molecule has 0 spiro atoms. The molecule has 2 aliphatic rings. The number of hydrogen-bond acceptors (Lipinski definition) is 2. The highest BCUT2D eigenvalue weighted by Crippen LogP contribution is 2.32. The fourth-order valence-electron chi connectivity index (χ4n) is 3.69. The highest BCUT2D eigenvalue weighted by atomic mass is 16.4. The second-order valence-corrected chi connectivity index (χ2v) is 6.44. The van der Waals surface area contributed by atoms with E-state index in [0.717, 1.165) is 37.5 Å². The zero-order valence-electron chi connectivity index (χ0n) is 11.7. The Balaban J connectivity index is 1.86. The smallest absolute Gasteiger partial charge is 0.306 e. The van der Waals surface area contributed by atoms with Crippen LogP contribution in [0, 0.1) is 17.8 Å². The van der Waals surface area contributed by atoms with Crippen LogP contribution in [0.25, 0.3) is 0 Å². The molecule has 0 aromatic carbocycles. The van der Waals surface area contributed by atoms with Crippen LogP contribution in [0.4, 0.5) is 0 Å². The van der Waals surface area contributed by atoms with Crippen LogP contribution in [0.2, 0.25) is 0 Å². The van der Waals surface area contributed by atoms with Crippen LogP contribution >= 0.6 is 0 Å². The number of aliphatic carboxylic acids is 1. The lowest BCUT2D eigenvalue weighted by atomic mass is 9.77. The summed E-state index contributed by atoms with van der Waals surface area (Å²) in [6.07, 6.45) is 7.84. The third kappa shape index (κ3) is 3.25. The van der Waals surface area contributed by atoms with Gasteiger partial charge in [0.15, 0.2) is 0 Å². The number of rotatable bonds is 3. The van der Waals surface area contributed by atoms with Crippen LogP contribution in [0.3, 0.4) is 0 Å². The molecule has 2 rings (SSSR count). The first-order valence-corrected chi connectivity index (χ1v) is 7.56. The molecule has 18 heavy (non-hydrogen) atoms. The summed E-state index contributed by atoms with van der Waals surface area (Å²) >= 11 is 0. The Bertz CT molecular complexity index is 292. The number of carboxylic acid groups (broad SMARTS) is 1. The lowest BCUT2D eigenvalue weighted by Crippen LogP contribution is -2.47. The Hall–Kier alpha value is -0.570. The van der Waals surface area contributed by atoms with Crippen LogP contribution in [0.1, 0.15) is 58.8 Å². The van der Waals surface area contributed by atoms with E-state index in [4.69, 9.17) is 5.11 Å². The number of carboxylic acids is 1. The number of carbonyl (C=O) groups is 1. The summed E-state index contributed by atoms with van der Waals surface area (Å²) in [5.41, 5.74) is 0. The summed E-state index contributed by atoms with van der Waals surface area (Å²) in [6.45, 7) is 4.69. The lowest BCUT2D eigenvalue weighted by Gasteiger charge is -2.39. The van der Waals surface area contributed by atoms with E-state index < -0.39 is 5.97 Å². The van der Waals surface area contributed by atoms with Crippen LogP contribution < -0.4 is 5.32 Å². The fourth-order valence-corrected chi connectivity index (χ4v) is 3.69. The molecule has 0 aliphatic heterocycles. The molecule has 0 aromatic heterocycles. The van der Waals surface area contributed by atoms with Gasteiger partial charge < -0.3 is 10.4 Å². The van der Waals surface area contributed by atoms with Crippen molar-refractivity contribution in [2.75, 3.05) is 0 Å². The maximum atomic E-state index is 11.1. The minimum atomic E-state index is -0.605. The van der Waals surface area contributed by atoms with Crippen molar-refractivity contribution in [1.82, 2.24) is 5.32 Å². The lowest BCUT2D eigenvalue weighted by molar-refractivity contribution is -0.143. The predicted octanol–water partition coefficient (Wildman–Crippen LogP) is 3.04. The Morgan fingerprint density at radius 2 is 1.83 bits per heavy atom. The van der Waals surface area contributed by atoms with Crippen molar-refractivity contribution in [3.63, 3.8) is 0 Å². The first kappa shape index (κ1) is 13.9. The molecule has 3 nitrogen and oxygen atoms in total. The van der Waals surface area contributed by atoms with Crippen LogP contribution in [0.5, 0.6) is 0 Å². The summed E-state index contributed by atoms with van der Waals surface area (Å²) in [5, 5.41) is 12.9. The van der Waals surface area contributed by atoms with Gasteiger partial charge in [-0.3, -0.25) is 4.79 Å². The monoisotopic (exact) mass is 253 g/mol. The maximum absolute atomic E-state index is 11.1. The highest BCUT2D eigenvalue weighted by Gasteiger charge is 2.32.